The molecule has 26 heavy (non-hydrogen) atoms. The van der Waals surface area contributed by atoms with Crippen LogP contribution in [0.3, 0.4) is 0 Å². The third kappa shape index (κ3) is 7.23. The fraction of sp³-hybridized carbons (Fsp3) is 0.900. The molecule has 2 N–H and O–H groups in total. The molecule has 1 heterocycles. The van der Waals surface area contributed by atoms with Gasteiger partial charge in [-0.15, -0.1) is 0 Å². The lowest BCUT2D eigenvalue weighted by molar-refractivity contribution is -0.157. The van der Waals surface area contributed by atoms with Crippen LogP contribution in [0.25, 0.3) is 0 Å². The van der Waals surface area contributed by atoms with E-state index >= 15 is 0 Å². The van der Waals surface area contributed by atoms with E-state index in [2.05, 4.69) is 5.01 Å². The molecule has 6 nitrogen and oxygen atoms in total. The van der Waals surface area contributed by atoms with E-state index < -0.39 is 11.9 Å². The molecule has 2 aliphatic rings. The van der Waals surface area contributed by atoms with Crippen LogP contribution in [0.4, 0.5) is 0 Å². The minimum Gasteiger partial charge on any atom is -0.481 e. The van der Waals surface area contributed by atoms with Crippen molar-refractivity contribution in [2.75, 3.05) is 13.1 Å². The molecule has 1 saturated heterocycles. The molecule has 0 spiro atoms. The molecule has 1 aliphatic heterocycles. The van der Waals surface area contributed by atoms with Gasteiger partial charge in [0.15, 0.2) is 0 Å². The molecule has 150 valence electrons. The molecule has 1 atom stereocenters. The molecule has 2 rings (SSSR count). The van der Waals surface area contributed by atoms with Crippen LogP contribution in [-0.4, -0.2) is 57.3 Å². The number of aliphatic carboxylic acids is 2. The van der Waals surface area contributed by atoms with Crippen LogP contribution < -0.4 is 0 Å². The Labute approximate surface area is 157 Å². The number of carboxylic acid groups (broad SMARTS) is 2. The predicted molar refractivity (Wildman–Crippen MR) is 101 cm³/mol. The normalized spacial score (nSPS) is 25.9. The summed E-state index contributed by atoms with van der Waals surface area (Å²) in [5.41, 5.74) is 0. The molecule has 1 aliphatic carbocycles. The number of hydrogen-bond donors (Lipinski definition) is 2. The van der Waals surface area contributed by atoms with Crippen LogP contribution in [0.2, 0.25) is 0 Å². The number of nitrogens with zero attached hydrogens (tertiary/aromatic N) is 2. The van der Waals surface area contributed by atoms with Crippen molar-refractivity contribution in [2.24, 2.45) is 0 Å². The lowest BCUT2D eigenvalue weighted by Gasteiger charge is -2.43. The van der Waals surface area contributed by atoms with Crippen LogP contribution in [0, 0.1) is 0 Å². The Balaban J connectivity index is 2.23. The van der Waals surface area contributed by atoms with Gasteiger partial charge in [-0.3, -0.25) is 9.59 Å². The smallest absolute Gasteiger partial charge is 0.319 e. The average Bonchev–Trinajstić information content (AvgIpc) is 2.76. The van der Waals surface area contributed by atoms with E-state index in [1.165, 1.54) is 38.5 Å². The molecule has 0 bridgehead atoms. The van der Waals surface area contributed by atoms with Gasteiger partial charge in [0, 0.05) is 18.6 Å². The van der Waals surface area contributed by atoms with Gasteiger partial charge in [-0.25, -0.2) is 10.0 Å². The van der Waals surface area contributed by atoms with Gasteiger partial charge < -0.3 is 10.2 Å². The van der Waals surface area contributed by atoms with Crippen LogP contribution >= 0.6 is 0 Å². The highest BCUT2D eigenvalue weighted by molar-refractivity contribution is 5.70. The molecular weight excluding hydrogens is 332 g/mol. The molecule has 0 aromatic carbocycles. The van der Waals surface area contributed by atoms with E-state index in [0.29, 0.717) is 6.04 Å². The summed E-state index contributed by atoms with van der Waals surface area (Å²) in [5, 5.41) is 23.1. The summed E-state index contributed by atoms with van der Waals surface area (Å²) in [6.45, 7) is 0.766. The zero-order chi connectivity index (χ0) is 18.8. The largest absolute Gasteiger partial charge is 0.481 e. The maximum Gasteiger partial charge on any atom is 0.319 e. The molecule has 1 saturated carbocycles. The summed E-state index contributed by atoms with van der Waals surface area (Å²) in [5.74, 6) is -1.70. The van der Waals surface area contributed by atoms with Gasteiger partial charge in [0.1, 0.15) is 6.54 Å². The number of hydrogen-bond acceptors (Lipinski definition) is 4. The topological polar surface area (TPSA) is 81.1 Å². The third-order valence-electron chi connectivity index (χ3n) is 5.88. The van der Waals surface area contributed by atoms with E-state index in [9.17, 15) is 19.8 Å². The minimum absolute atomic E-state index is 0.0243. The first-order valence-corrected chi connectivity index (χ1v) is 10.5. The van der Waals surface area contributed by atoms with E-state index in [1.54, 1.807) is 0 Å². The second-order valence-corrected chi connectivity index (χ2v) is 7.96. The van der Waals surface area contributed by atoms with Crippen LogP contribution in [0.1, 0.15) is 89.9 Å². The van der Waals surface area contributed by atoms with Crippen LogP contribution in [0.15, 0.2) is 0 Å². The number of carbonyl (C=O) groups is 2. The molecule has 0 aromatic heterocycles. The molecule has 6 heteroatoms. The molecule has 1 unspecified atom stereocenters. The Kier molecular flexibility index (Phi) is 9.40. The van der Waals surface area contributed by atoms with Crippen molar-refractivity contribution in [2.45, 2.75) is 102 Å². The SMILES string of the molecule is O=C(O)CC1CCCCCCN(C2CCCCCCCC2)N1CC(=O)O. The highest BCUT2D eigenvalue weighted by Gasteiger charge is 2.32. The Hall–Kier alpha value is -1.14. The maximum absolute atomic E-state index is 11.6. The van der Waals surface area contributed by atoms with Crippen LogP contribution in [-0.2, 0) is 9.59 Å². The van der Waals surface area contributed by atoms with Gasteiger partial charge in [-0.2, -0.15) is 0 Å². The molecule has 2 fully saturated rings. The zero-order valence-corrected chi connectivity index (χ0v) is 16.1. The first-order valence-electron chi connectivity index (χ1n) is 10.5. The summed E-state index contributed by atoms with van der Waals surface area (Å²) in [7, 11) is 0. The van der Waals surface area contributed by atoms with E-state index in [-0.39, 0.29) is 19.0 Å². The van der Waals surface area contributed by atoms with Gasteiger partial charge >= 0.3 is 11.9 Å². The van der Waals surface area contributed by atoms with Crippen molar-refractivity contribution in [1.29, 1.82) is 0 Å². The van der Waals surface area contributed by atoms with Crippen molar-refractivity contribution in [3.63, 3.8) is 0 Å². The Bertz CT molecular complexity index is 434. The van der Waals surface area contributed by atoms with Crippen molar-refractivity contribution in [1.82, 2.24) is 10.0 Å². The molecular formula is C20H36N2O4. The number of hydrazine groups is 1. The minimum atomic E-state index is -0.868. The van der Waals surface area contributed by atoms with Gasteiger partial charge in [-0.05, 0) is 25.7 Å². The zero-order valence-electron chi connectivity index (χ0n) is 16.1. The average molecular weight is 369 g/mol. The summed E-state index contributed by atoms with van der Waals surface area (Å²) in [4.78, 5) is 23.0. The van der Waals surface area contributed by atoms with Crippen molar-refractivity contribution >= 4 is 11.9 Å². The van der Waals surface area contributed by atoms with Gasteiger partial charge in [0.05, 0.1) is 6.42 Å². The first-order chi connectivity index (χ1) is 12.6. The van der Waals surface area contributed by atoms with E-state index in [4.69, 9.17) is 0 Å². The Morgan fingerprint density at radius 2 is 1.27 bits per heavy atom. The molecule has 0 radical (unpaired) electrons. The third-order valence-corrected chi connectivity index (χ3v) is 5.88. The highest BCUT2D eigenvalue weighted by atomic mass is 16.4. The second-order valence-electron chi connectivity index (χ2n) is 7.96. The van der Waals surface area contributed by atoms with Gasteiger partial charge in [0.25, 0.3) is 0 Å². The van der Waals surface area contributed by atoms with Gasteiger partial charge in [0.2, 0.25) is 0 Å². The summed E-state index contributed by atoms with van der Waals surface area (Å²) < 4.78 is 0. The van der Waals surface area contributed by atoms with Crippen molar-refractivity contribution < 1.29 is 19.8 Å². The Morgan fingerprint density at radius 1 is 0.731 bits per heavy atom. The first kappa shape index (κ1) is 21.2. The summed E-state index contributed by atoms with van der Waals surface area (Å²) in [6, 6.07) is 0.135. The van der Waals surface area contributed by atoms with Gasteiger partial charge in [-0.1, -0.05) is 57.8 Å². The predicted octanol–water partition coefficient (Wildman–Crippen LogP) is 3.90. The number of rotatable bonds is 5. The quantitative estimate of drug-likeness (QED) is 0.766. The van der Waals surface area contributed by atoms with Crippen LogP contribution in [0.5, 0.6) is 0 Å². The monoisotopic (exact) mass is 368 g/mol. The lowest BCUT2D eigenvalue weighted by Crippen LogP contribution is -2.55. The number of carboxylic acids is 2. The second kappa shape index (κ2) is 11.5. The fourth-order valence-electron chi connectivity index (χ4n) is 4.56. The molecule has 0 aromatic rings. The maximum atomic E-state index is 11.6. The highest BCUT2D eigenvalue weighted by Crippen LogP contribution is 2.27. The fourth-order valence-corrected chi connectivity index (χ4v) is 4.56. The Morgan fingerprint density at radius 3 is 1.85 bits per heavy atom. The van der Waals surface area contributed by atoms with Crippen molar-refractivity contribution in [3.8, 4) is 0 Å². The summed E-state index contributed by atoms with van der Waals surface area (Å²) >= 11 is 0. The summed E-state index contributed by atoms with van der Waals surface area (Å²) in [6.07, 6.45) is 14.7. The standard InChI is InChI=1S/C20H36N2O4/c23-19(24)15-18-13-9-5-6-10-14-21(22(18)16-20(25)26)17-11-7-3-1-2-4-8-12-17/h17-18H,1-16H2,(H,23,24)(H,25,26). The molecule has 0 amide bonds. The van der Waals surface area contributed by atoms with E-state index in [1.807, 2.05) is 5.01 Å². The van der Waals surface area contributed by atoms with Crippen molar-refractivity contribution in [3.05, 3.63) is 0 Å². The lowest BCUT2D eigenvalue weighted by atomic mass is 10.0. The van der Waals surface area contributed by atoms with E-state index in [0.717, 1.165) is 51.5 Å².